The largest absolute Gasteiger partial charge is 0.488 e. The second kappa shape index (κ2) is 11.7. The number of carbonyl (C=O) groups excluding carboxylic acids is 2. The van der Waals surface area contributed by atoms with Gasteiger partial charge < -0.3 is 19.7 Å². The molecule has 34 heavy (non-hydrogen) atoms. The van der Waals surface area contributed by atoms with Crippen LogP contribution >= 0.6 is 15.9 Å². The minimum Gasteiger partial charge on any atom is -0.488 e. The molecule has 1 aliphatic heterocycles. The van der Waals surface area contributed by atoms with Crippen LogP contribution in [0.3, 0.4) is 0 Å². The van der Waals surface area contributed by atoms with E-state index in [9.17, 15) is 9.59 Å². The minimum absolute atomic E-state index is 0.272. The Kier molecular flexibility index (Phi) is 8.20. The van der Waals surface area contributed by atoms with Gasteiger partial charge in [-0.1, -0.05) is 46.3 Å². The Morgan fingerprint density at radius 2 is 1.59 bits per heavy atom. The molecule has 0 radical (unpaired) electrons. The molecule has 3 aromatic carbocycles. The molecule has 6 nitrogen and oxygen atoms in total. The normalized spacial score (nSPS) is 13.3. The van der Waals surface area contributed by atoms with Crippen LogP contribution in [-0.2, 0) is 16.1 Å². The smallest absolute Gasteiger partial charge is 0.342 e. The number of para-hydroxylation sites is 1. The molecular weight excluding hydrogens is 496 g/mol. The SMILES string of the molecule is O=C(COC(=O)c1ccccc1OCc1ccccc1Br)Nc1ccc(N2CCCCC2)cc1. The number of halogens is 1. The zero-order valence-electron chi connectivity index (χ0n) is 18.8. The van der Waals surface area contributed by atoms with Crippen molar-refractivity contribution in [3.8, 4) is 5.75 Å². The average molecular weight is 523 g/mol. The van der Waals surface area contributed by atoms with Crippen molar-refractivity contribution in [2.75, 3.05) is 29.9 Å². The molecule has 3 aromatic rings. The number of rotatable bonds is 8. The number of piperidine rings is 1. The van der Waals surface area contributed by atoms with Crippen molar-refractivity contribution < 1.29 is 19.1 Å². The third kappa shape index (κ3) is 6.38. The number of nitrogens with zero attached hydrogens (tertiary/aromatic N) is 1. The van der Waals surface area contributed by atoms with Gasteiger partial charge in [0.15, 0.2) is 6.61 Å². The molecule has 0 spiro atoms. The summed E-state index contributed by atoms with van der Waals surface area (Å²) in [6, 6.07) is 22.3. The van der Waals surface area contributed by atoms with Gasteiger partial charge in [-0.3, -0.25) is 4.79 Å². The van der Waals surface area contributed by atoms with E-state index in [1.807, 2.05) is 48.5 Å². The Bertz CT molecular complexity index is 1130. The van der Waals surface area contributed by atoms with Crippen molar-refractivity contribution in [3.63, 3.8) is 0 Å². The molecule has 1 N–H and O–H groups in total. The molecule has 0 atom stereocenters. The number of ether oxygens (including phenoxy) is 2. The molecule has 1 heterocycles. The minimum atomic E-state index is -0.613. The van der Waals surface area contributed by atoms with Gasteiger partial charge in [0.1, 0.15) is 17.9 Å². The first-order valence-electron chi connectivity index (χ1n) is 11.4. The van der Waals surface area contributed by atoms with Crippen LogP contribution in [0.5, 0.6) is 5.75 Å². The second-order valence-corrected chi connectivity index (χ2v) is 8.95. The highest BCUT2D eigenvalue weighted by Crippen LogP contribution is 2.24. The summed E-state index contributed by atoms with van der Waals surface area (Å²) >= 11 is 3.49. The zero-order valence-corrected chi connectivity index (χ0v) is 20.4. The lowest BCUT2D eigenvalue weighted by atomic mass is 10.1. The molecule has 0 unspecified atom stereocenters. The van der Waals surface area contributed by atoms with Crippen LogP contribution in [0.25, 0.3) is 0 Å². The Balaban J connectivity index is 1.29. The molecule has 1 saturated heterocycles. The Labute approximate surface area is 208 Å². The van der Waals surface area contributed by atoms with Gasteiger partial charge in [0.25, 0.3) is 5.91 Å². The number of esters is 1. The van der Waals surface area contributed by atoms with Crippen LogP contribution in [0.2, 0.25) is 0 Å². The number of benzene rings is 3. The number of nitrogens with one attached hydrogen (secondary N) is 1. The summed E-state index contributed by atoms with van der Waals surface area (Å²) in [6.45, 7) is 2.04. The molecule has 0 aromatic heterocycles. The Morgan fingerprint density at radius 3 is 2.35 bits per heavy atom. The van der Waals surface area contributed by atoms with E-state index >= 15 is 0 Å². The van der Waals surface area contributed by atoms with Gasteiger partial charge in [-0.15, -0.1) is 0 Å². The average Bonchev–Trinajstić information content (AvgIpc) is 2.88. The van der Waals surface area contributed by atoms with Crippen molar-refractivity contribution in [2.24, 2.45) is 0 Å². The summed E-state index contributed by atoms with van der Waals surface area (Å²) in [4.78, 5) is 27.3. The number of hydrogen-bond acceptors (Lipinski definition) is 5. The van der Waals surface area contributed by atoms with Gasteiger partial charge in [0.05, 0.1) is 0 Å². The van der Waals surface area contributed by atoms with Gasteiger partial charge in [-0.2, -0.15) is 0 Å². The van der Waals surface area contributed by atoms with E-state index in [2.05, 4.69) is 26.1 Å². The highest BCUT2D eigenvalue weighted by atomic mass is 79.9. The van der Waals surface area contributed by atoms with Crippen molar-refractivity contribution >= 4 is 39.2 Å². The van der Waals surface area contributed by atoms with E-state index in [0.717, 1.165) is 28.8 Å². The summed E-state index contributed by atoms with van der Waals surface area (Å²) in [5.41, 5.74) is 3.05. The van der Waals surface area contributed by atoms with E-state index in [0.29, 0.717) is 18.0 Å². The van der Waals surface area contributed by atoms with Gasteiger partial charge in [0.2, 0.25) is 0 Å². The van der Waals surface area contributed by atoms with Crippen LogP contribution in [0.15, 0.2) is 77.3 Å². The number of amides is 1. The van der Waals surface area contributed by atoms with Crippen LogP contribution < -0.4 is 15.0 Å². The first kappa shape index (κ1) is 23.8. The van der Waals surface area contributed by atoms with Crippen molar-refractivity contribution in [2.45, 2.75) is 25.9 Å². The van der Waals surface area contributed by atoms with Crippen molar-refractivity contribution in [1.29, 1.82) is 0 Å². The molecular formula is C27H27BrN2O4. The van der Waals surface area contributed by atoms with Crippen molar-refractivity contribution in [1.82, 2.24) is 0 Å². The standard InChI is InChI=1S/C27H27BrN2O4/c28-24-10-4-2-8-20(24)18-33-25-11-5-3-9-23(25)27(32)34-19-26(31)29-21-12-14-22(15-13-21)30-16-6-1-7-17-30/h2-5,8-15H,1,6-7,16-19H2,(H,29,31). The topological polar surface area (TPSA) is 67.9 Å². The number of hydrogen-bond donors (Lipinski definition) is 1. The van der Waals surface area contributed by atoms with E-state index in [1.54, 1.807) is 24.3 Å². The third-order valence-electron chi connectivity index (χ3n) is 5.65. The summed E-state index contributed by atoms with van der Waals surface area (Å²) < 4.78 is 12.0. The maximum atomic E-state index is 12.6. The van der Waals surface area contributed by atoms with Crippen LogP contribution in [-0.4, -0.2) is 31.6 Å². The van der Waals surface area contributed by atoms with Gasteiger partial charge in [-0.25, -0.2) is 4.79 Å². The highest BCUT2D eigenvalue weighted by molar-refractivity contribution is 9.10. The molecule has 0 aliphatic carbocycles. The van der Waals surface area contributed by atoms with Crippen LogP contribution in [0, 0.1) is 0 Å². The lowest BCUT2D eigenvalue weighted by molar-refractivity contribution is -0.119. The maximum absolute atomic E-state index is 12.6. The first-order valence-corrected chi connectivity index (χ1v) is 12.2. The van der Waals surface area contributed by atoms with E-state index in [4.69, 9.17) is 9.47 Å². The molecule has 1 fully saturated rings. The lowest BCUT2D eigenvalue weighted by Gasteiger charge is -2.28. The second-order valence-electron chi connectivity index (χ2n) is 8.10. The molecule has 0 saturated carbocycles. The van der Waals surface area contributed by atoms with Crippen LogP contribution in [0.4, 0.5) is 11.4 Å². The van der Waals surface area contributed by atoms with Crippen molar-refractivity contribution in [3.05, 3.63) is 88.4 Å². The molecule has 7 heteroatoms. The summed E-state index contributed by atoms with van der Waals surface area (Å²) in [7, 11) is 0. The van der Waals surface area contributed by atoms with Gasteiger partial charge >= 0.3 is 5.97 Å². The third-order valence-corrected chi connectivity index (χ3v) is 6.43. The maximum Gasteiger partial charge on any atom is 0.342 e. The van der Waals surface area contributed by atoms with Gasteiger partial charge in [-0.05, 0) is 61.7 Å². The number of anilines is 2. The van der Waals surface area contributed by atoms with E-state index in [1.165, 1.54) is 19.3 Å². The molecule has 1 aliphatic rings. The highest BCUT2D eigenvalue weighted by Gasteiger charge is 2.16. The van der Waals surface area contributed by atoms with Gasteiger partial charge in [0, 0.05) is 34.5 Å². The quantitative estimate of drug-likeness (QED) is 0.378. The fourth-order valence-electron chi connectivity index (χ4n) is 3.85. The molecule has 1 amide bonds. The fraction of sp³-hybridized carbons (Fsp3) is 0.259. The lowest BCUT2D eigenvalue weighted by Crippen LogP contribution is -2.29. The Morgan fingerprint density at radius 1 is 0.882 bits per heavy atom. The predicted molar refractivity (Wildman–Crippen MR) is 136 cm³/mol. The van der Waals surface area contributed by atoms with E-state index in [-0.39, 0.29) is 12.2 Å². The predicted octanol–water partition coefficient (Wildman–Crippen LogP) is 5.81. The van der Waals surface area contributed by atoms with E-state index < -0.39 is 11.9 Å². The summed E-state index contributed by atoms with van der Waals surface area (Å²) in [5.74, 6) is -0.610. The molecule has 4 rings (SSSR count). The number of carbonyl (C=O) groups is 2. The first-order chi connectivity index (χ1) is 16.6. The zero-order chi connectivity index (χ0) is 23.8. The molecule has 176 valence electrons. The Hall–Kier alpha value is -3.32. The molecule has 0 bridgehead atoms. The van der Waals surface area contributed by atoms with Crippen LogP contribution in [0.1, 0.15) is 35.2 Å². The monoisotopic (exact) mass is 522 g/mol. The fourth-order valence-corrected chi connectivity index (χ4v) is 4.24. The summed E-state index contributed by atoms with van der Waals surface area (Å²) in [5, 5.41) is 2.78. The summed E-state index contributed by atoms with van der Waals surface area (Å²) in [6.07, 6.45) is 3.70.